The fraction of sp³-hybridized carbons (Fsp3) is 0.846. The molecule has 1 amide bonds. The molecule has 0 aromatic carbocycles. The number of carboxylic acid groups (broad SMARTS) is 1. The third-order valence-corrected chi connectivity index (χ3v) is 3.55. The zero-order valence-corrected chi connectivity index (χ0v) is 11.5. The van der Waals surface area contributed by atoms with Crippen molar-refractivity contribution in [2.75, 3.05) is 33.4 Å². The molecule has 6 nitrogen and oxygen atoms in total. The molecule has 0 bridgehead atoms. The summed E-state index contributed by atoms with van der Waals surface area (Å²) in [5.41, 5.74) is 0. The second kappa shape index (κ2) is 8.87. The van der Waals surface area contributed by atoms with Crippen LogP contribution in [0.1, 0.15) is 25.7 Å². The average Bonchev–Trinajstić information content (AvgIpc) is 2.39. The third kappa shape index (κ3) is 6.02. The molecule has 0 saturated heterocycles. The number of carbonyl (C=O) groups excluding carboxylic acids is 1. The number of nitrogens with one attached hydrogen (secondary N) is 2. The predicted octanol–water partition coefficient (Wildman–Crippen LogP) is 0.230. The number of hydrogen-bond acceptors (Lipinski definition) is 4. The summed E-state index contributed by atoms with van der Waals surface area (Å²) in [6, 6.07) is 0. The lowest BCUT2D eigenvalue weighted by molar-refractivity contribution is -0.144. The highest BCUT2D eigenvalue weighted by Crippen LogP contribution is 2.29. The van der Waals surface area contributed by atoms with E-state index in [2.05, 4.69) is 10.6 Å². The van der Waals surface area contributed by atoms with E-state index in [0.717, 1.165) is 25.7 Å². The number of methoxy groups -OCH3 is 1. The van der Waals surface area contributed by atoms with Crippen LogP contribution in [0.3, 0.4) is 0 Å². The van der Waals surface area contributed by atoms with Gasteiger partial charge in [0.1, 0.15) is 0 Å². The van der Waals surface area contributed by atoms with Crippen molar-refractivity contribution in [1.82, 2.24) is 10.6 Å². The van der Waals surface area contributed by atoms with E-state index in [1.807, 2.05) is 0 Å². The Hall–Kier alpha value is -1.14. The Labute approximate surface area is 113 Å². The molecule has 110 valence electrons. The number of hydrogen-bond donors (Lipinski definition) is 3. The Balaban J connectivity index is 2.19. The highest BCUT2D eigenvalue weighted by Gasteiger charge is 2.30. The Morgan fingerprint density at radius 2 is 2.05 bits per heavy atom. The molecule has 0 aromatic rings. The topological polar surface area (TPSA) is 87.7 Å². The largest absolute Gasteiger partial charge is 0.481 e. The van der Waals surface area contributed by atoms with Crippen molar-refractivity contribution < 1.29 is 19.4 Å². The lowest BCUT2D eigenvalue weighted by atomic mass is 9.79. The quantitative estimate of drug-likeness (QED) is 0.551. The molecule has 6 heteroatoms. The minimum atomic E-state index is -0.712. The Morgan fingerprint density at radius 1 is 1.32 bits per heavy atom. The number of aliphatic carboxylic acids is 1. The summed E-state index contributed by atoms with van der Waals surface area (Å²) in [7, 11) is 1.58. The van der Waals surface area contributed by atoms with Gasteiger partial charge in [-0.1, -0.05) is 12.8 Å². The van der Waals surface area contributed by atoms with E-state index in [0.29, 0.717) is 19.7 Å². The van der Waals surface area contributed by atoms with Crippen LogP contribution < -0.4 is 10.6 Å². The van der Waals surface area contributed by atoms with E-state index in [9.17, 15) is 9.59 Å². The van der Waals surface area contributed by atoms with Crippen molar-refractivity contribution in [1.29, 1.82) is 0 Å². The van der Waals surface area contributed by atoms with Gasteiger partial charge in [0.05, 0.1) is 19.1 Å². The molecule has 3 N–H and O–H groups in total. The van der Waals surface area contributed by atoms with Crippen LogP contribution in [0.15, 0.2) is 0 Å². The first kappa shape index (κ1) is 15.9. The number of carbonyl (C=O) groups is 2. The molecule has 2 unspecified atom stereocenters. The summed E-state index contributed by atoms with van der Waals surface area (Å²) in [4.78, 5) is 22.5. The monoisotopic (exact) mass is 272 g/mol. The van der Waals surface area contributed by atoms with Gasteiger partial charge in [-0.25, -0.2) is 0 Å². The van der Waals surface area contributed by atoms with Gasteiger partial charge in [0.25, 0.3) is 0 Å². The van der Waals surface area contributed by atoms with Crippen LogP contribution in [0.25, 0.3) is 0 Å². The second-order valence-corrected chi connectivity index (χ2v) is 4.96. The van der Waals surface area contributed by atoms with Crippen molar-refractivity contribution in [3.8, 4) is 0 Å². The fourth-order valence-corrected chi connectivity index (χ4v) is 2.50. The van der Waals surface area contributed by atoms with Gasteiger partial charge in [0.15, 0.2) is 0 Å². The molecule has 0 aromatic heterocycles. The Kier molecular flexibility index (Phi) is 7.43. The van der Waals surface area contributed by atoms with Gasteiger partial charge in [-0.3, -0.25) is 9.59 Å². The van der Waals surface area contributed by atoms with Crippen molar-refractivity contribution >= 4 is 11.9 Å². The van der Waals surface area contributed by atoms with Crippen LogP contribution in [0.5, 0.6) is 0 Å². The van der Waals surface area contributed by atoms with Crippen LogP contribution in [-0.2, 0) is 14.3 Å². The smallest absolute Gasteiger partial charge is 0.306 e. The van der Waals surface area contributed by atoms with Crippen molar-refractivity contribution in [2.24, 2.45) is 11.8 Å². The molecular weight excluding hydrogens is 248 g/mol. The lowest BCUT2D eigenvalue weighted by Gasteiger charge is -2.28. The third-order valence-electron chi connectivity index (χ3n) is 3.55. The van der Waals surface area contributed by atoms with E-state index in [-0.39, 0.29) is 24.3 Å². The van der Waals surface area contributed by atoms with Gasteiger partial charge in [0.2, 0.25) is 5.91 Å². The molecule has 1 saturated carbocycles. The summed E-state index contributed by atoms with van der Waals surface area (Å²) in [5, 5.41) is 14.9. The van der Waals surface area contributed by atoms with E-state index in [4.69, 9.17) is 9.84 Å². The maximum absolute atomic E-state index is 11.4. The number of rotatable bonds is 8. The summed E-state index contributed by atoms with van der Waals surface area (Å²) in [6.45, 7) is 1.81. The van der Waals surface area contributed by atoms with Crippen LogP contribution >= 0.6 is 0 Å². The summed E-state index contributed by atoms with van der Waals surface area (Å²) < 4.78 is 4.83. The predicted molar refractivity (Wildman–Crippen MR) is 70.8 cm³/mol. The fourth-order valence-electron chi connectivity index (χ4n) is 2.50. The highest BCUT2D eigenvalue weighted by atomic mass is 16.5. The van der Waals surface area contributed by atoms with Crippen LogP contribution in [-0.4, -0.2) is 50.3 Å². The molecule has 0 spiro atoms. The molecule has 0 heterocycles. The standard InChI is InChI=1S/C13H24N2O4/c1-19-7-6-15-12(16)9-14-8-10-4-2-3-5-11(10)13(17)18/h10-11,14H,2-9H2,1H3,(H,15,16)(H,17,18). The van der Waals surface area contributed by atoms with Gasteiger partial charge < -0.3 is 20.5 Å². The van der Waals surface area contributed by atoms with Crippen molar-refractivity contribution in [3.05, 3.63) is 0 Å². The summed E-state index contributed by atoms with van der Waals surface area (Å²) in [6.07, 6.45) is 3.75. The SMILES string of the molecule is COCCNC(=O)CNCC1CCCCC1C(=O)O. The first-order chi connectivity index (χ1) is 9.15. The lowest BCUT2D eigenvalue weighted by Crippen LogP contribution is -2.40. The van der Waals surface area contributed by atoms with Gasteiger partial charge in [-0.2, -0.15) is 0 Å². The maximum atomic E-state index is 11.4. The van der Waals surface area contributed by atoms with E-state index in [1.54, 1.807) is 7.11 Å². The minimum Gasteiger partial charge on any atom is -0.481 e. The van der Waals surface area contributed by atoms with Crippen LogP contribution in [0, 0.1) is 11.8 Å². The molecule has 19 heavy (non-hydrogen) atoms. The molecule has 1 rings (SSSR count). The zero-order valence-electron chi connectivity index (χ0n) is 11.5. The first-order valence-corrected chi connectivity index (χ1v) is 6.84. The van der Waals surface area contributed by atoms with E-state index in [1.165, 1.54) is 0 Å². The van der Waals surface area contributed by atoms with Crippen molar-refractivity contribution in [3.63, 3.8) is 0 Å². The van der Waals surface area contributed by atoms with E-state index >= 15 is 0 Å². The van der Waals surface area contributed by atoms with Crippen LogP contribution in [0.4, 0.5) is 0 Å². The second-order valence-electron chi connectivity index (χ2n) is 4.96. The van der Waals surface area contributed by atoms with Gasteiger partial charge >= 0.3 is 5.97 Å². The van der Waals surface area contributed by atoms with Crippen LogP contribution in [0.2, 0.25) is 0 Å². The normalized spacial score (nSPS) is 23.0. The first-order valence-electron chi connectivity index (χ1n) is 6.84. The summed E-state index contributed by atoms with van der Waals surface area (Å²) in [5.74, 6) is -0.924. The Morgan fingerprint density at radius 3 is 2.74 bits per heavy atom. The van der Waals surface area contributed by atoms with Gasteiger partial charge in [-0.05, 0) is 25.3 Å². The van der Waals surface area contributed by atoms with Crippen molar-refractivity contribution in [2.45, 2.75) is 25.7 Å². The molecule has 1 aliphatic rings. The molecule has 0 radical (unpaired) electrons. The molecular formula is C13H24N2O4. The highest BCUT2D eigenvalue weighted by molar-refractivity contribution is 5.78. The minimum absolute atomic E-state index is 0.0836. The number of amides is 1. The number of carboxylic acids is 1. The number of ether oxygens (including phenoxy) is 1. The Bertz CT molecular complexity index is 296. The summed E-state index contributed by atoms with van der Waals surface area (Å²) >= 11 is 0. The van der Waals surface area contributed by atoms with Gasteiger partial charge in [-0.15, -0.1) is 0 Å². The molecule has 1 fully saturated rings. The molecule has 1 aliphatic carbocycles. The van der Waals surface area contributed by atoms with E-state index < -0.39 is 5.97 Å². The zero-order chi connectivity index (χ0) is 14.1. The molecule has 2 atom stereocenters. The average molecular weight is 272 g/mol. The van der Waals surface area contributed by atoms with Gasteiger partial charge in [0, 0.05) is 13.7 Å². The maximum Gasteiger partial charge on any atom is 0.306 e. The molecule has 0 aliphatic heterocycles.